The molecule has 10 rings (SSSR count). The molecule has 0 aliphatic rings. The first kappa shape index (κ1) is 33.2. The van der Waals surface area contributed by atoms with Crippen molar-refractivity contribution >= 4 is 66.4 Å². The summed E-state index contributed by atoms with van der Waals surface area (Å²) < 4.78 is 0. The molecule has 0 aliphatic carbocycles. The fraction of sp³-hybridized carbons (Fsp3) is 0. The highest BCUT2D eigenvalue weighted by Gasteiger charge is 2.19. The summed E-state index contributed by atoms with van der Waals surface area (Å²) in [5.74, 6) is 0. The molecule has 0 aromatic heterocycles. The van der Waals surface area contributed by atoms with Crippen LogP contribution in [0.2, 0.25) is 0 Å². The second kappa shape index (κ2) is 14.4. The van der Waals surface area contributed by atoms with E-state index in [-0.39, 0.29) is 0 Å². The van der Waals surface area contributed by atoms with Crippen LogP contribution in [0.4, 0.5) is 34.1 Å². The summed E-state index contributed by atoms with van der Waals surface area (Å²) in [6.07, 6.45) is 0. The van der Waals surface area contributed by atoms with E-state index in [9.17, 15) is 0 Å². The van der Waals surface area contributed by atoms with Gasteiger partial charge < -0.3 is 9.80 Å². The standard InChI is InChI=1S/C54H38N2/c1-5-19-43(20-6-1)55(44-21-7-2-8-22-44)47-33-29-39(30-34-47)53-49-27-15-13-17-41(49)38-52-51(53)37-42-18-14-16-28-50(42)54(52)40-31-35-48(36-32-40)56(45-23-9-3-10-24-45)46-25-11-4-12-26-46/h1-38H. The van der Waals surface area contributed by atoms with Crippen LogP contribution in [-0.2, 0) is 0 Å². The van der Waals surface area contributed by atoms with E-state index in [0.717, 1.165) is 34.1 Å². The van der Waals surface area contributed by atoms with Gasteiger partial charge in [0.15, 0.2) is 0 Å². The Morgan fingerprint density at radius 2 is 0.482 bits per heavy atom. The molecule has 0 saturated carbocycles. The maximum absolute atomic E-state index is 2.39. The monoisotopic (exact) mass is 714 g/mol. The predicted octanol–water partition coefficient (Wildman–Crippen LogP) is 15.4. The largest absolute Gasteiger partial charge is 0.311 e. The normalized spacial score (nSPS) is 11.2. The number of hydrogen-bond acceptors (Lipinski definition) is 2. The van der Waals surface area contributed by atoms with Crippen LogP contribution in [0.3, 0.4) is 0 Å². The van der Waals surface area contributed by atoms with Gasteiger partial charge in [-0.3, -0.25) is 0 Å². The van der Waals surface area contributed by atoms with Gasteiger partial charge in [-0.25, -0.2) is 0 Å². The molecule has 10 aromatic carbocycles. The van der Waals surface area contributed by atoms with E-state index < -0.39 is 0 Å². The van der Waals surface area contributed by atoms with Crippen molar-refractivity contribution < 1.29 is 0 Å². The summed E-state index contributed by atoms with van der Waals surface area (Å²) >= 11 is 0. The lowest BCUT2D eigenvalue weighted by molar-refractivity contribution is 1.28. The van der Waals surface area contributed by atoms with Gasteiger partial charge in [0.25, 0.3) is 0 Å². The Bertz CT molecular complexity index is 2640. The first-order valence-electron chi connectivity index (χ1n) is 19.2. The van der Waals surface area contributed by atoms with E-state index in [0.29, 0.717) is 0 Å². The Kier molecular flexibility index (Phi) is 8.55. The summed E-state index contributed by atoms with van der Waals surface area (Å²) in [4.78, 5) is 4.63. The molecule has 0 N–H and O–H groups in total. The Morgan fingerprint density at radius 3 is 0.804 bits per heavy atom. The van der Waals surface area contributed by atoms with Crippen molar-refractivity contribution in [3.8, 4) is 22.3 Å². The van der Waals surface area contributed by atoms with Crippen LogP contribution in [-0.4, -0.2) is 0 Å². The summed E-state index contributed by atoms with van der Waals surface area (Å²) in [5.41, 5.74) is 11.6. The molecule has 56 heavy (non-hydrogen) atoms. The number of para-hydroxylation sites is 4. The van der Waals surface area contributed by atoms with E-state index in [1.165, 1.54) is 54.6 Å². The van der Waals surface area contributed by atoms with Crippen molar-refractivity contribution in [1.29, 1.82) is 0 Å². The average Bonchev–Trinajstić information content (AvgIpc) is 3.27. The molecule has 10 aromatic rings. The topological polar surface area (TPSA) is 6.48 Å². The molecule has 0 bridgehead atoms. The third-order valence-corrected chi connectivity index (χ3v) is 10.8. The summed E-state index contributed by atoms with van der Waals surface area (Å²) in [7, 11) is 0. The molecule has 2 nitrogen and oxygen atoms in total. The number of rotatable bonds is 8. The fourth-order valence-corrected chi connectivity index (χ4v) is 8.25. The van der Waals surface area contributed by atoms with Crippen molar-refractivity contribution in [3.05, 3.63) is 231 Å². The molecule has 0 radical (unpaired) electrons. The highest BCUT2D eigenvalue weighted by atomic mass is 15.1. The van der Waals surface area contributed by atoms with Gasteiger partial charge in [0.05, 0.1) is 0 Å². The molecule has 264 valence electrons. The number of fused-ring (bicyclic) bond motifs is 3. The Labute approximate surface area is 327 Å². The van der Waals surface area contributed by atoms with Gasteiger partial charge in [0.2, 0.25) is 0 Å². The van der Waals surface area contributed by atoms with Gasteiger partial charge in [-0.2, -0.15) is 0 Å². The minimum atomic E-state index is 1.11. The van der Waals surface area contributed by atoms with E-state index in [4.69, 9.17) is 0 Å². The molecular weight excluding hydrogens is 677 g/mol. The van der Waals surface area contributed by atoms with E-state index in [1.807, 2.05) is 0 Å². The molecule has 0 amide bonds. The SMILES string of the molecule is c1ccc(N(c2ccccc2)c2ccc(-c3c4ccccc4cc4c(-c5ccc(N(c6ccccc6)c6ccccc6)cc5)c5ccccc5cc34)cc2)cc1. The minimum Gasteiger partial charge on any atom is -0.311 e. The second-order valence-electron chi connectivity index (χ2n) is 14.1. The molecule has 0 spiro atoms. The number of benzene rings is 10. The van der Waals surface area contributed by atoms with Crippen LogP contribution in [0.25, 0.3) is 54.6 Å². The molecule has 0 aliphatic heterocycles. The quantitative estimate of drug-likeness (QED) is 0.145. The minimum absolute atomic E-state index is 1.11. The van der Waals surface area contributed by atoms with E-state index >= 15 is 0 Å². The zero-order chi connectivity index (χ0) is 37.3. The number of hydrogen-bond donors (Lipinski definition) is 0. The van der Waals surface area contributed by atoms with Crippen molar-refractivity contribution in [2.45, 2.75) is 0 Å². The van der Waals surface area contributed by atoms with Crippen LogP contribution in [0.1, 0.15) is 0 Å². The van der Waals surface area contributed by atoms with Gasteiger partial charge >= 0.3 is 0 Å². The molecular formula is C54H38N2. The first-order valence-corrected chi connectivity index (χ1v) is 19.2. The van der Waals surface area contributed by atoms with Crippen molar-refractivity contribution in [2.24, 2.45) is 0 Å². The highest BCUT2D eigenvalue weighted by Crippen LogP contribution is 2.45. The summed E-state index contributed by atoms with van der Waals surface area (Å²) in [5, 5.41) is 7.42. The van der Waals surface area contributed by atoms with Crippen LogP contribution in [0.5, 0.6) is 0 Å². The molecule has 0 heterocycles. The molecule has 0 saturated heterocycles. The number of nitrogens with zero attached hydrogens (tertiary/aromatic N) is 2. The van der Waals surface area contributed by atoms with E-state index in [1.54, 1.807) is 0 Å². The van der Waals surface area contributed by atoms with Gasteiger partial charge in [-0.15, -0.1) is 0 Å². The lowest BCUT2D eigenvalue weighted by atomic mass is 9.86. The third kappa shape index (κ3) is 6.04. The zero-order valence-corrected chi connectivity index (χ0v) is 30.8. The summed E-state index contributed by atoms with van der Waals surface area (Å²) in [6, 6.07) is 83.0. The second-order valence-corrected chi connectivity index (χ2v) is 14.1. The number of anilines is 6. The lowest BCUT2D eigenvalue weighted by Gasteiger charge is -2.26. The predicted molar refractivity (Wildman–Crippen MR) is 239 cm³/mol. The van der Waals surface area contributed by atoms with Gasteiger partial charge in [0, 0.05) is 34.1 Å². The third-order valence-electron chi connectivity index (χ3n) is 10.8. The molecule has 2 heteroatoms. The molecule has 0 atom stereocenters. The van der Waals surface area contributed by atoms with Crippen molar-refractivity contribution in [3.63, 3.8) is 0 Å². The Balaban J connectivity index is 1.15. The average molecular weight is 715 g/mol. The Hall–Kier alpha value is -7.42. The van der Waals surface area contributed by atoms with Crippen molar-refractivity contribution in [2.75, 3.05) is 9.80 Å². The zero-order valence-electron chi connectivity index (χ0n) is 30.8. The van der Waals surface area contributed by atoms with Crippen LogP contribution in [0.15, 0.2) is 231 Å². The maximum atomic E-state index is 2.39. The van der Waals surface area contributed by atoms with Crippen LogP contribution < -0.4 is 9.80 Å². The summed E-state index contributed by atoms with van der Waals surface area (Å²) in [6.45, 7) is 0. The van der Waals surface area contributed by atoms with Gasteiger partial charge in [0.1, 0.15) is 0 Å². The Morgan fingerprint density at radius 1 is 0.214 bits per heavy atom. The smallest absolute Gasteiger partial charge is 0.0462 e. The molecule has 0 fully saturated rings. The maximum Gasteiger partial charge on any atom is 0.0462 e. The molecule has 0 unspecified atom stereocenters. The van der Waals surface area contributed by atoms with Crippen LogP contribution in [0, 0.1) is 0 Å². The lowest BCUT2D eigenvalue weighted by Crippen LogP contribution is -2.09. The van der Waals surface area contributed by atoms with Gasteiger partial charge in [-0.1, -0.05) is 146 Å². The van der Waals surface area contributed by atoms with Crippen LogP contribution >= 0.6 is 0 Å². The highest BCUT2D eigenvalue weighted by molar-refractivity contribution is 6.22. The first-order chi connectivity index (χ1) is 27.8. The fourth-order valence-electron chi connectivity index (χ4n) is 8.25. The van der Waals surface area contributed by atoms with Gasteiger partial charge in [-0.05, 0) is 140 Å². The van der Waals surface area contributed by atoms with E-state index in [2.05, 4.69) is 240 Å². The van der Waals surface area contributed by atoms with Crippen molar-refractivity contribution in [1.82, 2.24) is 0 Å².